The first kappa shape index (κ1) is 63.4. The molecule has 1 aliphatic heterocycles. The number of rotatable bonds is 48. The fourth-order valence-electron chi connectivity index (χ4n) is 8.94. The van der Waals surface area contributed by atoms with Crippen molar-refractivity contribution in [2.24, 2.45) is 0 Å². The predicted octanol–water partition coefficient (Wildman–Crippen LogP) is 12.5. The van der Waals surface area contributed by atoms with Gasteiger partial charge < -0.3 is 45.4 Å². The van der Waals surface area contributed by atoms with Gasteiger partial charge >= 0.3 is 0 Å². The van der Waals surface area contributed by atoms with E-state index in [0.717, 1.165) is 32.1 Å². The lowest BCUT2D eigenvalue weighted by molar-refractivity contribution is -0.302. The zero-order valence-corrected chi connectivity index (χ0v) is 43.3. The number of aliphatic hydroxyl groups excluding tert-OH is 6. The molecule has 8 unspecified atom stereocenters. The average Bonchev–Trinajstić information content (AvgIpc) is 3.33. The Kier molecular flexibility index (Phi) is 44.2. The molecule has 0 aromatic carbocycles. The van der Waals surface area contributed by atoms with Gasteiger partial charge in [-0.2, -0.15) is 0 Å². The third-order valence-electron chi connectivity index (χ3n) is 13.5. The van der Waals surface area contributed by atoms with Crippen LogP contribution in [-0.4, -0.2) is 98.7 Å². The van der Waals surface area contributed by atoms with Crippen LogP contribution in [0.25, 0.3) is 0 Å². The number of hydrogen-bond donors (Lipinski definition) is 7. The van der Waals surface area contributed by atoms with Crippen molar-refractivity contribution in [3.05, 3.63) is 36.5 Å². The second-order valence-electron chi connectivity index (χ2n) is 19.9. The van der Waals surface area contributed by atoms with E-state index in [2.05, 4.69) is 43.5 Å². The summed E-state index contributed by atoms with van der Waals surface area (Å²) < 4.78 is 11.2. The van der Waals surface area contributed by atoms with Crippen molar-refractivity contribution in [2.45, 2.75) is 307 Å². The van der Waals surface area contributed by atoms with Crippen molar-refractivity contribution in [2.75, 3.05) is 13.2 Å². The maximum atomic E-state index is 13.1. The lowest BCUT2D eigenvalue weighted by Crippen LogP contribution is -2.60. The highest BCUT2D eigenvalue weighted by molar-refractivity contribution is 5.80. The van der Waals surface area contributed by atoms with Crippen LogP contribution in [0.5, 0.6) is 0 Å². The van der Waals surface area contributed by atoms with E-state index in [-0.39, 0.29) is 6.61 Å². The minimum absolute atomic E-state index is 0.305. The molecule has 1 fully saturated rings. The van der Waals surface area contributed by atoms with E-state index in [1.807, 2.05) is 6.08 Å². The summed E-state index contributed by atoms with van der Waals surface area (Å²) in [6.07, 6.45) is 49.8. The van der Waals surface area contributed by atoms with Gasteiger partial charge in [-0.25, -0.2) is 0 Å². The molecule has 1 aliphatic rings. The Balaban J connectivity index is 2.21. The molecule has 7 N–H and O–H groups in total. The third kappa shape index (κ3) is 36.0. The summed E-state index contributed by atoms with van der Waals surface area (Å²) in [5.74, 6) is -0.625. The van der Waals surface area contributed by atoms with Gasteiger partial charge in [0.1, 0.15) is 30.5 Å². The summed E-state index contributed by atoms with van der Waals surface area (Å²) in [6.45, 7) is 3.60. The summed E-state index contributed by atoms with van der Waals surface area (Å²) in [4.78, 5) is 13.1. The Morgan fingerprint density at radius 2 is 0.881 bits per heavy atom. The second kappa shape index (κ2) is 46.7. The van der Waals surface area contributed by atoms with Crippen molar-refractivity contribution in [1.29, 1.82) is 0 Å². The van der Waals surface area contributed by atoms with Crippen LogP contribution >= 0.6 is 0 Å². The molecule has 1 amide bonds. The quantitative estimate of drug-likeness (QED) is 0.0232. The van der Waals surface area contributed by atoms with Crippen LogP contribution in [0.4, 0.5) is 0 Å². The Morgan fingerprint density at radius 3 is 1.30 bits per heavy atom. The van der Waals surface area contributed by atoms with Crippen LogP contribution in [-0.2, 0) is 14.3 Å². The van der Waals surface area contributed by atoms with Crippen LogP contribution in [0, 0.1) is 0 Å². The Bertz CT molecular complexity index is 1160. The molecule has 0 aliphatic carbocycles. The number of carbonyl (C=O) groups is 1. The highest BCUT2D eigenvalue weighted by atomic mass is 16.7. The zero-order valence-electron chi connectivity index (χ0n) is 43.3. The first-order valence-electron chi connectivity index (χ1n) is 28.3. The van der Waals surface area contributed by atoms with Gasteiger partial charge in [-0.1, -0.05) is 237 Å². The van der Waals surface area contributed by atoms with E-state index >= 15 is 0 Å². The number of carbonyl (C=O) groups excluding carboxylic acids is 1. The number of allylic oxidation sites excluding steroid dienone is 5. The molecule has 1 saturated heterocycles. The standard InChI is InChI=1S/C57H107NO9/c1-3-5-7-9-11-13-15-17-18-19-20-21-22-23-24-25-26-27-28-29-30-31-32-34-36-38-40-42-44-46-51(61)56(65)58-49(48-66-57-55(64)54(63)53(62)52(47-59)67-57)50(60)45-43-41-39-37-35-33-16-14-12-10-8-6-4-2/h23-24,35,37,43,45,49-55,57,59-64H,3-22,25-34,36,38-42,44,46-48H2,1-2H3,(H,58,65)/b24-23-,37-35+,45-43+. The molecule has 10 heteroatoms. The van der Waals surface area contributed by atoms with Crippen LogP contribution in [0.1, 0.15) is 258 Å². The molecule has 0 bridgehead atoms. The van der Waals surface area contributed by atoms with Crippen molar-refractivity contribution in [3.63, 3.8) is 0 Å². The van der Waals surface area contributed by atoms with Crippen molar-refractivity contribution in [3.8, 4) is 0 Å². The minimum Gasteiger partial charge on any atom is -0.394 e. The maximum Gasteiger partial charge on any atom is 0.249 e. The van der Waals surface area contributed by atoms with E-state index in [4.69, 9.17) is 9.47 Å². The van der Waals surface area contributed by atoms with E-state index < -0.39 is 61.5 Å². The summed E-state index contributed by atoms with van der Waals surface area (Å²) >= 11 is 0. The van der Waals surface area contributed by atoms with Gasteiger partial charge in [0.25, 0.3) is 0 Å². The molecule has 1 rings (SSSR count). The van der Waals surface area contributed by atoms with E-state index in [9.17, 15) is 35.4 Å². The highest BCUT2D eigenvalue weighted by Gasteiger charge is 2.44. The average molecular weight is 950 g/mol. The Labute approximate surface area is 411 Å². The molecule has 10 nitrogen and oxygen atoms in total. The topological polar surface area (TPSA) is 169 Å². The molecule has 1 heterocycles. The number of unbranched alkanes of at least 4 members (excludes halogenated alkanes) is 33. The Hall–Kier alpha value is -1.63. The highest BCUT2D eigenvalue weighted by Crippen LogP contribution is 2.23. The fourth-order valence-corrected chi connectivity index (χ4v) is 8.94. The molecular formula is C57H107NO9. The van der Waals surface area contributed by atoms with Crippen molar-refractivity contribution < 1.29 is 44.9 Å². The zero-order chi connectivity index (χ0) is 48.8. The number of hydrogen-bond acceptors (Lipinski definition) is 9. The maximum absolute atomic E-state index is 13.1. The number of ether oxygens (including phenoxy) is 2. The summed E-state index contributed by atoms with van der Waals surface area (Å²) in [6, 6.07) is -0.996. The molecule has 0 aromatic rings. The van der Waals surface area contributed by atoms with Crippen molar-refractivity contribution in [1.82, 2.24) is 5.32 Å². The lowest BCUT2D eigenvalue weighted by Gasteiger charge is -2.40. The number of nitrogens with one attached hydrogen (secondary N) is 1. The van der Waals surface area contributed by atoms with E-state index in [0.29, 0.717) is 19.3 Å². The van der Waals surface area contributed by atoms with Crippen LogP contribution in [0.3, 0.4) is 0 Å². The van der Waals surface area contributed by atoms with Gasteiger partial charge in [-0.3, -0.25) is 4.79 Å². The van der Waals surface area contributed by atoms with Gasteiger partial charge in [-0.15, -0.1) is 0 Å². The van der Waals surface area contributed by atoms with Crippen LogP contribution in [0.15, 0.2) is 36.5 Å². The lowest BCUT2D eigenvalue weighted by atomic mass is 9.99. The van der Waals surface area contributed by atoms with E-state index in [1.165, 1.54) is 193 Å². The fraction of sp³-hybridized carbons (Fsp3) is 0.877. The molecule has 0 saturated carbocycles. The monoisotopic (exact) mass is 950 g/mol. The molecule has 394 valence electrons. The van der Waals surface area contributed by atoms with Gasteiger partial charge in [0.15, 0.2) is 6.29 Å². The SMILES string of the molecule is CCCCCCCCC/C=C/CC/C=C/C(O)C(COC1OC(CO)C(O)C(O)C1O)NC(=O)C(O)CCCCCCCCCCCCCCC/C=C\CCCCCCCCCCCCCC. The largest absolute Gasteiger partial charge is 0.394 e. The first-order chi connectivity index (χ1) is 32.8. The second-order valence-corrected chi connectivity index (χ2v) is 19.9. The molecular weight excluding hydrogens is 843 g/mol. The van der Waals surface area contributed by atoms with Gasteiger partial charge in [0, 0.05) is 0 Å². The molecule has 67 heavy (non-hydrogen) atoms. The predicted molar refractivity (Wildman–Crippen MR) is 278 cm³/mol. The normalized spacial score (nSPS) is 20.4. The van der Waals surface area contributed by atoms with Crippen LogP contribution < -0.4 is 5.32 Å². The molecule has 0 radical (unpaired) electrons. The third-order valence-corrected chi connectivity index (χ3v) is 13.5. The smallest absolute Gasteiger partial charge is 0.249 e. The Morgan fingerprint density at radius 1 is 0.507 bits per heavy atom. The minimum atomic E-state index is -1.62. The summed E-state index contributed by atoms with van der Waals surface area (Å²) in [5.41, 5.74) is 0. The molecule has 0 aromatic heterocycles. The summed E-state index contributed by atoms with van der Waals surface area (Å²) in [5, 5.41) is 64.8. The molecule has 8 atom stereocenters. The molecule has 0 spiro atoms. The van der Waals surface area contributed by atoms with Gasteiger partial charge in [0.05, 0.1) is 25.4 Å². The van der Waals surface area contributed by atoms with Gasteiger partial charge in [0.2, 0.25) is 5.91 Å². The summed E-state index contributed by atoms with van der Waals surface area (Å²) in [7, 11) is 0. The van der Waals surface area contributed by atoms with Gasteiger partial charge in [-0.05, 0) is 57.8 Å². The van der Waals surface area contributed by atoms with Crippen molar-refractivity contribution >= 4 is 5.91 Å². The first-order valence-corrected chi connectivity index (χ1v) is 28.3. The number of amides is 1. The van der Waals surface area contributed by atoms with Crippen LogP contribution in [0.2, 0.25) is 0 Å². The van der Waals surface area contributed by atoms with E-state index in [1.54, 1.807) is 6.08 Å². The number of aliphatic hydroxyl groups is 6.